The lowest BCUT2D eigenvalue weighted by molar-refractivity contribution is 0.678. The van der Waals surface area contributed by atoms with Crippen LogP contribution in [0.3, 0.4) is 0 Å². The van der Waals surface area contributed by atoms with Gasteiger partial charge in [0.25, 0.3) is 0 Å². The molecular formula is C33H38N2. The maximum Gasteiger partial charge on any atom is 0.0314 e. The van der Waals surface area contributed by atoms with Gasteiger partial charge in [0.1, 0.15) is 0 Å². The molecule has 2 unspecified atom stereocenters. The molecule has 0 fully saturated rings. The summed E-state index contributed by atoms with van der Waals surface area (Å²) in [6.07, 6.45) is 6.02. The number of rotatable bonds is 10. The molecule has 0 saturated carbocycles. The third-order valence-electron chi connectivity index (χ3n) is 7.26. The summed E-state index contributed by atoms with van der Waals surface area (Å²) in [5, 5.41) is 0. The van der Waals surface area contributed by atoms with Crippen LogP contribution in [0.2, 0.25) is 0 Å². The first kappa shape index (κ1) is 24.6. The lowest BCUT2D eigenvalue weighted by atomic mass is 9.91. The number of aryl methyl sites for hydroxylation is 2. The Kier molecular flexibility index (Phi) is 8.26. The number of hydrogen-bond donors (Lipinski definition) is 2. The van der Waals surface area contributed by atoms with Crippen LogP contribution >= 0.6 is 0 Å². The van der Waals surface area contributed by atoms with E-state index in [4.69, 9.17) is 11.5 Å². The minimum atomic E-state index is 0.380. The van der Waals surface area contributed by atoms with Gasteiger partial charge in [-0.3, -0.25) is 0 Å². The molecule has 2 nitrogen and oxygen atoms in total. The highest BCUT2D eigenvalue weighted by Crippen LogP contribution is 2.26. The number of nitrogens with two attached hydrogens (primary N) is 2. The van der Waals surface area contributed by atoms with Crippen LogP contribution in [0.4, 0.5) is 11.4 Å². The van der Waals surface area contributed by atoms with Crippen molar-refractivity contribution < 1.29 is 0 Å². The fourth-order valence-corrected chi connectivity index (χ4v) is 4.74. The molecule has 4 aromatic carbocycles. The Morgan fingerprint density at radius 1 is 0.429 bits per heavy atom. The molecule has 2 atom stereocenters. The van der Waals surface area contributed by atoms with Gasteiger partial charge in [0.05, 0.1) is 0 Å². The predicted molar refractivity (Wildman–Crippen MR) is 151 cm³/mol. The summed E-state index contributed by atoms with van der Waals surface area (Å²) in [5.41, 5.74) is 21.5. The van der Waals surface area contributed by atoms with Crippen LogP contribution in [0.5, 0.6) is 0 Å². The van der Waals surface area contributed by atoms with Gasteiger partial charge in [-0.1, -0.05) is 93.1 Å². The third-order valence-corrected chi connectivity index (χ3v) is 7.26. The molecule has 4 N–H and O–H groups in total. The van der Waals surface area contributed by atoms with Crippen LogP contribution in [-0.2, 0) is 12.8 Å². The molecule has 0 heterocycles. The zero-order valence-electron chi connectivity index (χ0n) is 21.1. The summed E-state index contributed by atoms with van der Waals surface area (Å²) in [6.45, 7) is 4.51. The van der Waals surface area contributed by atoms with E-state index < -0.39 is 0 Å². The monoisotopic (exact) mass is 462 g/mol. The Morgan fingerprint density at radius 3 is 1.03 bits per heavy atom. The van der Waals surface area contributed by atoms with Gasteiger partial charge in [-0.05, 0) is 83.3 Å². The molecule has 4 rings (SSSR count). The SMILES string of the molecule is CC(c1ccc(N)cc1)c1ccc(CCCCCc2ccc(C(C)c3ccc(N)cc3)cc2)cc1. The quantitative estimate of drug-likeness (QED) is 0.185. The van der Waals surface area contributed by atoms with E-state index in [-0.39, 0.29) is 0 Å². The van der Waals surface area contributed by atoms with Crippen molar-refractivity contribution in [1.29, 1.82) is 0 Å². The van der Waals surface area contributed by atoms with Crippen molar-refractivity contribution in [2.45, 2.75) is 57.8 Å². The molecule has 0 radical (unpaired) electrons. The Bertz CT molecular complexity index is 1080. The van der Waals surface area contributed by atoms with Gasteiger partial charge in [-0.15, -0.1) is 0 Å². The zero-order chi connectivity index (χ0) is 24.6. The van der Waals surface area contributed by atoms with Gasteiger partial charge in [-0.25, -0.2) is 0 Å². The van der Waals surface area contributed by atoms with Gasteiger partial charge in [0, 0.05) is 23.2 Å². The molecule has 0 aliphatic heterocycles. The van der Waals surface area contributed by atoms with Crippen molar-refractivity contribution in [3.63, 3.8) is 0 Å². The van der Waals surface area contributed by atoms with E-state index in [2.05, 4.69) is 86.6 Å². The van der Waals surface area contributed by atoms with Crippen LogP contribution in [0.15, 0.2) is 97.1 Å². The molecule has 0 aliphatic rings. The fraction of sp³-hybridized carbons (Fsp3) is 0.273. The van der Waals surface area contributed by atoms with E-state index >= 15 is 0 Å². The standard InChI is InChI=1S/C33H38N2/c1-24(30-16-20-32(34)21-17-30)28-12-8-26(9-13-28)6-4-3-5-7-27-10-14-29(15-11-27)25(2)31-18-22-33(35)23-19-31/h8-25H,3-7,34-35H2,1-2H3. The summed E-state index contributed by atoms with van der Waals surface area (Å²) in [6, 6.07) is 34.7. The van der Waals surface area contributed by atoms with Crippen molar-refractivity contribution >= 4 is 11.4 Å². The summed E-state index contributed by atoms with van der Waals surface area (Å²) in [7, 11) is 0. The van der Waals surface area contributed by atoms with E-state index in [1.807, 2.05) is 24.3 Å². The van der Waals surface area contributed by atoms with Crippen molar-refractivity contribution in [2.24, 2.45) is 0 Å². The second-order valence-electron chi connectivity index (χ2n) is 9.82. The van der Waals surface area contributed by atoms with Crippen LogP contribution in [0.1, 0.15) is 78.3 Å². The molecule has 4 aromatic rings. The van der Waals surface area contributed by atoms with Crippen LogP contribution < -0.4 is 11.5 Å². The number of benzene rings is 4. The molecule has 0 aromatic heterocycles. The van der Waals surface area contributed by atoms with E-state index in [9.17, 15) is 0 Å². The third kappa shape index (κ3) is 6.76. The smallest absolute Gasteiger partial charge is 0.0314 e. The second-order valence-corrected chi connectivity index (χ2v) is 9.82. The molecule has 0 amide bonds. The van der Waals surface area contributed by atoms with E-state index in [1.54, 1.807) is 0 Å². The molecule has 2 heteroatoms. The normalized spacial score (nSPS) is 12.9. The summed E-state index contributed by atoms with van der Waals surface area (Å²) in [4.78, 5) is 0. The summed E-state index contributed by atoms with van der Waals surface area (Å²) >= 11 is 0. The Labute approximate surface area is 211 Å². The highest BCUT2D eigenvalue weighted by atomic mass is 14.5. The Balaban J connectivity index is 1.19. The van der Waals surface area contributed by atoms with Crippen molar-refractivity contribution in [3.05, 3.63) is 130 Å². The van der Waals surface area contributed by atoms with Crippen molar-refractivity contribution in [2.75, 3.05) is 11.5 Å². The van der Waals surface area contributed by atoms with Crippen molar-refractivity contribution in [3.8, 4) is 0 Å². The van der Waals surface area contributed by atoms with E-state index in [1.165, 1.54) is 52.6 Å². The molecule has 0 bridgehead atoms. The van der Waals surface area contributed by atoms with Crippen LogP contribution in [0.25, 0.3) is 0 Å². The van der Waals surface area contributed by atoms with Gasteiger partial charge in [-0.2, -0.15) is 0 Å². The second kappa shape index (κ2) is 11.8. The molecule has 0 saturated heterocycles. The maximum atomic E-state index is 5.82. The van der Waals surface area contributed by atoms with Crippen LogP contribution in [-0.4, -0.2) is 0 Å². The minimum absolute atomic E-state index is 0.380. The lowest BCUT2D eigenvalue weighted by Crippen LogP contribution is -1.97. The average molecular weight is 463 g/mol. The fourth-order valence-electron chi connectivity index (χ4n) is 4.74. The number of unbranched alkanes of at least 4 members (excludes halogenated alkanes) is 2. The number of nitrogen functional groups attached to an aromatic ring is 2. The van der Waals surface area contributed by atoms with E-state index in [0.717, 1.165) is 24.2 Å². The Hall–Kier alpha value is -3.52. The van der Waals surface area contributed by atoms with E-state index in [0.29, 0.717) is 11.8 Å². The van der Waals surface area contributed by atoms with Gasteiger partial charge in [0.15, 0.2) is 0 Å². The zero-order valence-corrected chi connectivity index (χ0v) is 21.1. The van der Waals surface area contributed by atoms with Gasteiger partial charge >= 0.3 is 0 Å². The Morgan fingerprint density at radius 2 is 0.714 bits per heavy atom. The molecule has 35 heavy (non-hydrogen) atoms. The maximum absolute atomic E-state index is 5.82. The summed E-state index contributed by atoms with van der Waals surface area (Å²) in [5.74, 6) is 0.760. The largest absolute Gasteiger partial charge is 0.399 e. The first-order valence-electron chi connectivity index (χ1n) is 12.9. The first-order chi connectivity index (χ1) is 17.0. The van der Waals surface area contributed by atoms with Gasteiger partial charge < -0.3 is 11.5 Å². The number of hydrogen-bond acceptors (Lipinski definition) is 2. The minimum Gasteiger partial charge on any atom is -0.399 e. The predicted octanol–water partition coefficient (Wildman–Crippen LogP) is 8.11. The molecular weight excluding hydrogens is 424 g/mol. The lowest BCUT2D eigenvalue weighted by Gasteiger charge is -2.14. The molecule has 0 aliphatic carbocycles. The highest BCUT2D eigenvalue weighted by molar-refractivity contribution is 5.43. The molecule has 0 spiro atoms. The molecule has 180 valence electrons. The first-order valence-corrected chi connectivity index (χ1v) is 12.9. The topological polar surface area (TPSA) is 52.0 Å². The van der Waals surface area contributed by atoms with Gasteiger partial charge in [0.2, 0.25) is 0 Å². The number of anilines is 2. The summed E-state index contributed by atoms with van der Waals surface area (Å²) < 4.78 is 0. The highest BCUT2D eigenvalue weighted by Gasteiger charge is 2.09. The average Bonchev–Trinajstić information content (AvgIpc) is 2.89. The van der Waals surface area contributed by atoms with Crippen LogP contribution in [0, 0.1) is 0 Å². The van der Waals surface area contributed by atoms with Crippen molar-refractivity contribution in [1.82, 2.24) is 0 Å².